The van der Waals surface area contributed by atoms with Gasteiger partial charge < -0.3 is 4.98 Å². The highest BCUT2D eigenvalue weighted by Crippen LogP contribution is 2.51. The van der Waals surface area contributed by atoms with Crippen molar-refractivity contribution in [3.05, 3.63) is 70.9 Å². The maximum atomic E-state index is 3.44. The van der Waals surface area contributed by atoms with Gasteiger partial charge in [-0.1, -0.05) is 36.4 Å². The van der Waals surface area contributed by atoms with E-state index >= 15 is 0 Å². The van der Waals surface area contributed by atoms with Crippen LogP contribution >= 0.6 is 0 Å². The fraction of sp³-hybridized carbons (Fsp3) is 0.391. The number of nitrogens with zero attached hydrogens (tertiary/aromatic N) is 1. The van der Waals surface area contributed by atoms with Gasteiger partial charge in [-0.2, -0.15) is 0 Å². The molecule has 2 bridgehead atoms. The van der Waals surface area contributed by atoms with Crippen molar-refractivity contribution in [2.24, 2.45) is 5.92 Å². The van der Waals surface area contributed by atoms with Crippen LogP contribution < -0.4 is 0 Å². The Hall–Kier alpha value is -2.06. The molecule has 1 aromatic heterocycles. The Labute approximate surface area is 149 Å². The number of fused-ring (bicyclic) bond motifs is 3. The van der Waals surface area contributed by atoms with Crippen LogP contribution in [0.2, 0.25) is 0 Å². The minimum Gasteiger partial charge on any atom is -0.361 e. The van der Waals surface area contributed by atoms with Gasteiger partial charge in [-0.05, 0) is 67.3 Å². The third-order valence-electron chi connectivity index (χ3n) is 6.58. The molecule has 1 aliphatic carbocycles. The molecular formula is C23H26N2. The van der Waals surface area contributed by atoms with Crippen molar-refractivity contribution in [3.63, 3.8) is 0 Å². The smallest absolute Gasteiger partial charge is 0.0487 e. The Morgan fingerprint density at radius 1 is 1.04 bits per heavy atom. The molecule has 0 amide bonds. The highest BCUT2D eigenvalue weighted by atomic mass is 15.2. The lowest BCUT2D eigenvalue weighted by molar-refractivity contribution is 0.131. The number of aromatic nitrogens is 1. The Morgan fingerprint density at radius 2 is 1.88 bits per heavy atom. The summed E-state index contributed by atoms with van der Waals surface area (Å²) in [5.41, 5.74) is 7.10. The van der Waals surface area contributed by atoms with Gasteiger partial charge in [0.2, 0.25) is 0 Å². The summed E-state index contributed by atoms with van der Waals surface area (Å²) in [7, 11) is 0. The number of likely N-dealkylation sites (tertiary alicyclic amines) is 1. The third kappa shape index (κ3) is 2.35. The monoisotopic (exact) mass is 330 g/mol. The maximum absolute atomic E-state index is 3.44. The normalized spacial score (nSPS) is 25.9. The van der Waals surface area contributed by atoms with Gasteiger partial charge in [0.05, 0.1) is 0 Å². The van der Waals surface area contributed by atoms with Gasteiger partial charge in [0.25, 0.3) is 0 Å². The zero-order chi connectivity index (χ0) is 17.0. The highest BCUT2D eigenvalue weighted by Gasteiger charge is 2.46. The fourth-order valence-corrected chi connectivity index (χ4v) is 5.45. The molecule has 2 nitrogen and oxygen atoms in total. The molecule has 2 heterocycles. The average molecular weight is 330 g/mol. The van der Waals surface area contributed by atoms with Crippen LogP contribution in [0.4, 0.5) is 0 Å². The van der Waals surface area contributed by atoms with E-state index in [9.17, 15) is 0 Å². The number of aromatic amines is 1. The number of hydrogen-bond acceptors (Lipinski definition) is 1. The van der Waals surface area contributed by atoms with Gasteiger partial charge in [0, 0.05) is 35.7 Å². The van der Waals surface area contributed by atoms with Gasteiger partial charge in [-0.3, -0.25) is 4.90 Å². The van der Waals surface area contributed by atoms with Crippen LogP contribution in [0.5, 0.6) is 0 Å². The SMILES string of the molecule is Cc1cc(C)c2[nH]ccc2c1CN1C2CCC(C2)C1c1ccccc1. The summed E-state index contributed by atoms with van der Waals surface area (Å²) in [6.45, 7) is 5.56. The molecule has 2 aliphatic rings. The number of H-pyrrole nitrogens is 1. The second kappa shape index (κ2) is 5.74. The van der Waals surface area contributed by atoms with Gasteiger partial charge in [-0.15, -0.1) is 0 Å². The average Bonchev–Trinajstić information content (AvgIpc) is 3.34. The van der Waals surface area contributed by atoms with Crippen molar-refractivity contribution in [1.82, 2.24) is 9.88 Å². The van der Waals surface area contributed by atoms with Crippen LogP contribution in [0.25, 0.3) is 10.9 Å². The summed E-state index contributed by atoms with van der Waals surface area (Å²) in [4.78, 5) is 6.24. The number of nitrogens with one attached hydrogen (secondary N) is 1. The lowest BCUT2D eigenvalue weighted by Gasteiger charge is -2.36. The van der Waals surface area contributed by atoms with Crippen LogP contribution in [-0.4, -0.2) is 15.9 Å². The molecule has 128 valence electrons. The van der Waals surface area contributed by atoms with Crippen LogP contribution in [0.1, 0.15) is 47.6 Å². The van der Waals surface area contributed by atoms with Gasteiger partial charge in [0.15, 0.2) is 0 Å². The largest absolute Gasteiger partial charge is 0.361 e. The number of aryl methyl sites for hydroxylation is 2. The van der Waals surface area contributed by atoms with Crippen LogP contribution in [0, 0.1) is 19.8 Å². The molecule has 0 radical (unpaired) electrons. The number of piperidine rings is 1. The van der Waals surface area contributed by atoms with Crippen molar-refractivity contribution >= 4 is 10.9 Å². The van der Waals surface area contributed by atoms with E-state index in [2.05, 4.69) is 72.4 Å². The van der Waals surface area contributed by atoms with Crippen molar-refractivity contribution in [2.45, 2.75) is 51.7 Å². The van der Waals surface area contributed by atoms with Crippen molar-refractivity contribution < 1.29 is 0 Å². The Balaban J connectivity index is 1.56. The quantitative estimate of drug-likeness (QED) is 0.671. The summed E-state index contributed by atoms with van der Waals surface area (Å²) < 4.78 is 0. The molecule has 2 heteroatoms. The van der Waals surface area contributed by atoms with E-state index in [1.807, 2.05) is 0 Å². The summed E-state index contributed by atoms with van der Waals surface area (Å²) in [6, 6.07) is 17.1. The Kier molecular flexibility index (Phi) is 3.49. The van der Waals surface area contributed by atoms with Crippen LogP contribution in [0.3, 0.4) is 0 Å². The molecule has 5 rings (SSSR count). The van der Waals surface area contributed by atoms with Gasteiger partial charge in [0.1, 0.15) is 0 Å². The summed E-state index contributed by atoms with van der Waals surface area (Å²) in [5, 5.41) is 1.41. The van der Waals surface area contributed by atoms with E-state index in [4.69, 9.17) is 0 Å². The zero-order valence-corrected chi connectivity index (χ0v) is 15.1. The molecule has 1 N–H and O–H groups in total. The van der Waals surface area contributed by atoms with Crippen molar-refractivity contribution in [3.8, 4) is 0 Å². The van der Waals surface area contributed by atoms with Gasteiger partial charge in [-0.25, -0.2) is 0 Å². The van der Waals surface area contributed by atoms with Crippen LogP contribution in [-0.2, 0) is 6.54 Å². The van der Waals surface area contributed by atoms with E-state index in [1.165, 1.54) is 52.4 Å². The predicted octanol–water partition coefficient (Wildman–Crippen LogP) is 5.51. The molecule has 1 aliphatic heterocycles. The molecule has 25 heavy (non-hydrogen) atoms. The molecule has 3 aromatic rings. The number of benzene rings is 2. The van der Waals surface area contributed by atoms with Crippen molar-refractivity contribution in [1.29, 1.82) is 0 Å². The zero-order valence-electron chi connectivity index (χ0n) is 15.1. The molecule has 1 saturated carbocycles. The molecule has 2 fully saturated rings. The lowest BCUT2D eigenvalue weighted by atomic mass is 9.91. The van der Waals surface area contributed by atoms with Gasteiger partial charge >= 0.3 is 0 Å². The maximum Gasteiger partial charge on any atom is 0.0487 e. The first kappa shape index (κ1) is 15.2. The number of rotatable bonds is 3. The topological polar surface area (TPSA) is 19.0 Å². The lowest BCUT2D eigenvalue weighted by Crippen LogP contribution is -2.34. The Morgan fingerprint density at radius 3 is 2.72 bits per heavy atom. The predicted molar refractivity (Wildman–Crippen MR) is 104 cm³/mol. The molecule has 3 atom stereocenters. The van der Waals surface area contributed by atoms with Crippen molar-refractivity contribution in [2.75, 3.05) is 0 Å². The van der Waals surface area contributed by atoms with E-state index in [1.54, 1.807) is 0 Å². The van der Waals surface area contributed by atoms with E-state index in [0.717, 1.165) is 18.5 Å². The minimum atomic E-state index is 0.592. The van der Waals surface area contributed by atoms with E-state index in [0.29, 0.717) is 6.04 Å². The minimum absolute atomic E-state index is 0.592. The summed E-state index contributed by atoms with van der Waals surface area (Å²) in [5.74, 6) is 0.833. The van der Waals surface area contributed by atoms with E-state index in [-0.39, 0.29) is 0 Å². The molecule has 2 aromatic carbocycles. The number of hydrogen-bond donors (Lipinski definition) is 1. The standard InChI is InChI=1S/C23H26N2/c1-15-12-16(2)22-20(10-11-24-22)21(15)14-25-19-9-8-18(13-19)23(25)17-6-4-3-5-7-17/h3-7,10-12,18-19,23-24H,8-9,13-14H2,1-2H3. The molecule has 1 saturated heterocycles. The first-order valence-electron chi connectivity index (χ1n) is 9.59. The molecular weight excluding hydrogens is 304 g/mol. The second-order valence-electron chi connectivity index (χ2n) is 8.01. The fourth-order valence-electron chi connectivity index (χ4n) is 5.45. The molecule has 3 unspecified atom stereocenters. The van der Waals surface area contributed by atoms with Crippen LogP contribution in [0.15, 0.2) is 48.7 Å². The highest BCUT2D eigenvalue weighted by molar-refractivity contribution is 5.87. The summed E-state index contributed by atoms with van der Waals surface area (Å²) in [6.07, 6.45) is 6.23. The molecule has 0 spiro atoms. The second-order valence-corrected chi connectivity index (χ2v) is 8.01. The van der Waals surface area contributed by atoms with E-state index < -0.39 is 0 Å². The first-order chi connectivity index (χ1) is 12.2. The Bertz CT molecular complexity index is 908. The third-order valence-corrected chi connectivity index (χ3v) is 6.58. The summed E-state index contributed by atoms with van der Waals surface area (Å²) >= 11 is 0. The first-order valence-corrected chi connectivity index (χ1v) is 9.59.